The van der Waals surface area contributed by atoms with E-state index in [2.05, 4.69) is 10.6 Å². The van der Waals surface area contributed by atoms with Crippen molar-refractivity contribution in [2.75, 3.05) is 13.2 Å². The molecule has 0 aliphatic carbocycles. The topological polar surface area (TPSA) is 131 Å². The molecule has 0 aromatic carbocycles. The lowest BCUT2D eigenvalue weighted by Gasteiger charge is -2.39. The Morgan fingerprint density at radius 1 is 1.24 bits per heavy atom. The van der Waals surface area contributed by atoms with Gasteiger partial charge in [-0.1, -0.05) is 0 Å². The van der Waals surface area contributed by atoms with E-state index in [1.165, 1.54) is 0 Å². The zero-order chi connectivity index (χ0) is 13.0. The van der Waals surface area contributed by atoms with Gasteiger partial charge in [-0.05, 0) is 6.92 Å². The van der Waals surface area contributed by atoms with Gasteiger partial charge in [-0.15, -0.1) is 0 Å². The molecular formula is C9H18N2O6. The van der Waals surface area contributed by atoms with Crippen molar-refractivity contribution in [1.82, 2.24) is 10.6 Å². The fourth-order valence-electron chi connectivity index (χ4n) is 1.56. The number of amides is 2. The SMILES string of the molecule is CCNC(=O)N[C@@H]1O[C@H](CO)[C@@H](O)[C@H](O)[C@H]1O. The first-order valence-electron chi connectivity index (χ1n) is 5.36. The summed E-state index contributed by atoms with van der Waals surface area (Å²) in [6.45, 7) is 1.58. The highest BCUT2D eigenvalue weighted by molar-refractivity contribution is 5.74. The molecule has 1 fully saturated rings. The molecule has 1 saturated heterocycles. The molecule has 1 aliphatic heterocycles. The van der Waals surface area contributed by atoms with Crippen LogP contribution in [-0.2, 0) is 4.74 Å². The zero-order valence-corrected chi connectivity index (χ0v) is 9.41. The highest BCUT2D eigenvalue weighted by atomic mass is 16.6. The Balaban J connectivity index is 2.62. The van der Waals surface area contributed by atoms with Crippen molar-refractivity contribution in [3.8, 4) is 0 Å². The summed E-state index contributed by atoms with van der Waals surface area (Å²) >= 11 is 0. The first kappa shape index (κ1) is 14.1. The van der Waals surface area contributed by atoms with Gasteiger partial charge in [0.15, 0.2) is 6.23 Å². The van der Waals surface area contributed by atoms with Crippen LogP contribution >= 0.6 is 0 Å². The van der Waals surface area contributed by atoms with Gasteiger partial charge in [0.05, 0.1) is 6.61 Å². The Kier molecular flexibility index (Phi) is 5.09. The Labute approximate surface area is 98.2 Å². The monoisotopic (exact) mass is 250 g/mol. The number of carbonyl (C=O) groups excluding carboxylic acids is 1. The predicted molar refractivity (Wildman–Crippen MR) is 56.0 cm³/mol. The van der Waals surface area contributed by atoms with E-state index in [9.17, 15) is 20.1 Å². The molecule has 100 valence electrons. The normalized spacial score (nSPS) is 37.6. The van der Waals surface area contributed by atoms with Crippen LogP contribution < -0.4 is 10.6 Å². The molecule has 17 heavy (non-hydrogen) atoms. The number of aliphatic hydroxyl groups is 4. The van der Waals surface area contributed by atoms with E-state index in [0.29, 0.717) is 6.54 Å². The smallest absolute Gasteiger partial charge is 0.316 e. The van der Waals surface area contributed by atoms with Gasteiger partial charge < -0.3 is 35.8 Å². The summed E-state index contributed by atoms with van der Waals surface area (Å²) in [5.41, 5.74) is 0. The summed E-state index contributed by atoms with van der Waals surface area (Å²) in [6.07, 6.45) is -6.59. The molecule has 1 aliphatic rings. The van der Waals surface area contributed by atoms with Crippen molar-refractivity contribution in [3.63, 3.8) is 0 Å². The molecule has 1 rings (SSSR count). The highest BCUT2D eigenvalue weighted by Crippen LogP contribution is 2.19. The van der Waals surface area contributed by atoms with Crippen LogP contribution in [0.3, 0.4) is 0 Å². The standard InChI is InChI=1S/C9H18N2O6/c1-2-10-9(16)11-8-7(15)6(14)5(13)4(3-12)17-8/h4-8,12-15H,2-3H2,1H3,(H2,10,11,16)/t4-,5-,6+,7-,8-/m1/s1. The molecule has 0 aromatic rings. The average Bonchev–Trinajstić information content (AvgIpc) is 2.30. The number of nitrogens with one attached hydrogen (secondary N) is 2. The summed E-state index contributed by atoms with van der Waals surface area (Å²) in [5, 5.41) is 42.1. The third kappa shape index (κ3) is 3.27. The predicted octanol–water partition coefficient (Wildman–Crippen LogP) is -2.89. The highest BCUT2D eigenvalue weighted by Gasteiger charge is 2.43. The molecule has 0 radical (unpaired) electrons. The third-order valence-electron chi connectivity index (χ3n) is 2.50. The van der Waals surface area contributed by atoms with Crippen LogP contribution in [0.25, 0.3) is 0 Å². The van der Waals surface area contributed by atoms with Crippen molar-refractivity contribution in [3.05, 3.63) is 0 Å². The van der Waals surface area contributed by atoms with Gasteiger partial charge in [-0.3, -0.25) is 0 Å². The quantitative estimate of drug-likeness (QED) is 0.318. The maximum atomic E-state index is 11.2. The Bertz CT molecular complexity index is 262. The number of rotatable bonds is 3. The number of ether oxygens (including phenoxy) is 1. The second kappa shape index (κ2) is 6.12. The molecule has 0 unspecified atom stereocenters. The van der Waals surface area contributed by atoms with Gasteiger partial charge in [0, 0.05) is 6.54 Å². The molecule has 8 heteroatoms. The molecule has 1 heterocycles. The maximum absolute atomic E-state index is 11.2. The Morgan fingerprint density at radius 3 is 2.41 bits per heavy atom. The van der Waals surface area contributed by atoms with Gasteiger partial charge in [-0.25, -0.2) is 4.79 Å². The zero-order valence-electron chi connectivity index (χ0n) is 9.41. The van der Waals surface area contributed by atoms with Crippen LogP contribution in [0.2, 0.25) is 0 Å². The van der Waals surface area contributed by atoms with Crippen LogP contribution in [0, 0.1) is 0 Å². The number of carbonyl (C=O) groups is 1. The molecule has 5 atom stereocenters. The van der Waals surface area contributed by atoms with Crippen molar-refractivity contribution in [1.29, 1.82) is 0 Å². The average molecular weight is 250 g/mol. The molecule has 2 amide bonds. The fourth-order valence-corrected chi connectivity index (χ4v) is 1.56. The number of aliphatic hydroxyl groups excluding tert-OH is 4. The number of urea groups is 1. The molecular weight excluding hydrogens is 232 g/mol. The third-order valence-corrected chi connectivity index (χ3v) is 2.50. The molecule has 8 nitrogen and oxygen atoms in total. The van der Waals surface area contributed by atoms with Gasteiger partial charge in [0.1, 0.15) is 24.4 Å². The largest absolute Gasteiger partial charge is 0.394 e. The van der Waals surface area contributed by atoms with E-state index < -0.39 is 43.3 Å². The maximum Gasteiger partial charge on any atom is 0.316 e. The van der Waals surface area contributed by atoms with Gasteiger partial charge in [0.25, 0.3) is 0 Å². The van der Waals surface area contributed by atoms with Crippen LogP contribution in [0.4, 0.5) is 4.79 Å². The van der Waals surface area contributed by atoms with Crippen LogP contribution in [0.5, 0.6) is 0 Å². The first-order chi connectivity index (χ1) is 8.01. The fraction of sp³-hybridized carbons (Fsp3) is 0.889. The van der Waals surface area contributed by atoms with E-state index >= 15 is 0 Å². The van der Waals surface area contributed by atoms with Crippen molar-refractivity contribution >= 4 is 6.03 Å². The van der Waals surface area contributed by atoms with E-state index in [4.69, 9.17) is 9.84 Å². The summed E-state index contributed by atoms with van der Waals surface area (Å²) in [7, 11) is 0. The second-order valence-corrected chi connectivity index (χ2v) is 3.75. The molecule has 0 aromatic heterocycles. The summed E-state index contributed by atoms with van der Waals surface area (Å²) in [5.74, 6) is 0. The van der Waals surface area contributed by atoms with Crippen LogP contribution in [0.15, 0.2) is 0 Å². The minimum atomic E-state index is -1.49. The minimum absolute atomic E-state index is 0.392. The van der Waals surface area contributed by atoms with E-state index in [0.717, 1.165) is 0 Å². The van der Waals surface area contributed by atoms with E-state index in [-0.39, 0.29) is 0 Å². The molecule has 0 saturated carbocycles. The van der Waals surface area contributed by atoms with Crippen molar-refractivity contribution < 1.29 is 30.0 Å². The van der Waals surface area contributed by atoms with Crippen molar-refractivity contribution in [2.24, 2.45) is 0 Å². The molecule has 0 bridgehead atoms. The summed E-state index contributed by atoms with van der Waals surface area (Å²) < 4.78 is 5.07. The molecule has 6 N–H and O–H groups in total. The lowest BCUT2D eigenvalue weighted by molar-refractivity contribution is -0.233. The first-order valence-corrected chi connectivity index (χ1v) is 5.36. The number of hydrogen-bond acceptors (Lipinski definition) is 6. The summed E-state index contributed by atoms with van der Waals surface area (Å²) in [6, 6.07) is -0.572. The van der Waals surface area contributed by atoms with Crippen molar-refractivity contribution in [2.45, 2.75) is 37.6 Å². The van der Waals surface area contributed by atoms with Gasteiger partial charge in [0.2, 0.25) is 0 Å². The lowest BCUT2D eigenvalue weighted by Crippen LogP contribution is -2.64. The van der Waals surface area contributed by atoms with E-state index in [1.54, 1.807) is 6.92 Å². The lowest BCUT2D eigenvalue weighted by atomic mass is 9.98. The Hall–Kier alpha value is -0.930. The molecule has 0 spiro atoms. The minimum Gasteiger partial charge on any atom is -0.394 e. The Morgan fingerprint density at radius 2 is 1.88 bits per heavy atom. The van der Waals surface area contributed by atoms with Gasteiger partial charge in [-0.2, -0.15) is 0 Å². The van der Waals surface area contributed by atoms with Crippen LogP contribution in [0.1, 0.15) is 6.92 Å². The van der Waals surface area contributed by atoms with Gasteiger partial charge >= 0.3 is 6.03 Å². The van der Waals surface area contributed by atoms with Crippen LogP contribution in [-0.4, -0.2) is 70.3 Å². The number of hydrogen-bond donors (Lipinski definition) is 6. The second-order valence-electron chi connectivity index (χ2n) is 3.75. The summed E-state index contributed by atoms with van der Waals surface area (Å²) in [4.78, 5) is 11.2. The van der Waals surface area contributed by atoms with E-state index in [1.807, 2.05) is 0 Å².